The Balaban J connectivity index is 1.64. The van der Waals surface area contributed by atoms with E-state index in [4.69, 9.17) is 21.1 Å². The molecule has 0 saturated heterocycles. The van der Waals surface area contributed by atoms with Gasteiger partial charge in [-0.3, -0.25) is 4.79 Å². The van der Waals surface area contributed by atoms with Gasteiger partial charge in [0.25, 0.3) is 0 Å². The van der Waals surface area contributed by atoms with E-state index in [0.717, 1.165) is 28.2 Å². The highest BCUT2D eigenvalue weighted by molar-refractivity contribution is 6.31. The van der Waals surface area contributed by atoms with E-state index in [1.165, 1.54) is 0 Å². The van der Waals surface area contributed by atoms with E-state index in [2.05, 4.69) is 0 Å². The van der Waals surface area contributed by atoms with Gasteiger partial charge in [-0.25, -0.2) is 0 Å². The van der Waals surface area contributed by atoms with Crippen LogP contribution in [0.4, 0.5) is 0 Å². The zero-order valence-corrected chi connectivity index (χ0v) is 15.0. The lowest BCUT2D eigenvalue weighted by Crippen LogP contribution is -2.24. The first-order valence-electron chi connectivity index (χ1n) is 8.11. The first-order valence-corrected chi connectivity index (χ1v) is 8.48. The van der Waals surface area contributed by atoms with Gasteiger partial charge in [0.15, 0.2) is 11.5 Å². The number of likely N-dealkylation sites (N-methyl/N-ethyl adjacent to an activating group) is 1. The van der Waals surface area contributed by atoms with Crippen molar-refractivity contribution in [1.82, 2.24) is 4.90 Å². The van der Waals surface area contributed by atoms with E-state index in [1.54, 1.807) is 24.1 Å². The van der Waals surface area contributed by atoms with Crippen molar-refractivity contribution in [1.29, 1.82) is 0 Å². The summed E-state index contributed by atoms with van der Waals surface area (Å²) in [6.45, 7) is 3.56. The number of nitrogens with zero attached hydrogens (tertiary/aromatic N) is 1. The zero-order valence-electron chi connectivity index (χ0n) is 14.3. The summed E-state index contributed by atoms with van der Waals surface area (Å²) in [5.41, 5.74) is 2.91. The van der Waals surface area contributed by atoms with Crippen molar-refractivity contribution >= 4 is 23.6 Å². The average molecular weight is 358 g/mol. The molecule has 0 aromatic heterocycles. The Kier molecular flexibility index (Phi) is 5.29. The molecule has 1 aliphatic rings. The molecule has 0 N–H and O–H groups in total. The predicted octanol–water partition coefficient (Wildman–Crippen LogP) is 4.09. The second-order valence-corrected chi connectivity index (χ2v) is 6.42. The Morgan fingerprint density at radius 2 is 1.92 bits per heavy atom. The molecule has 4 nitrogen and oxygen atoms in total. The van der Waals surface area contributed by atoms with E-state index in [-0.39, 0.29) is 5.91 Å². The van der Waals surface area contributed by atoms with Crippen LogP contribution in [0.2, 0.25) is 5.02 Å². The van der Waals surface area contributed by atoms with E-state index in [1.807, 2.05) is 43.3 Å². The Bertz CT molecular complexity index is 817. The van der Waals surface area contributed by atoms with Crippen molar-refractivity contribution in [2.45, 2.75) is 13.5 Å². The van der Waals surface area contributed by atoms with Crippen LogP contribution < -0.4 is 9.47 Å². The molecule has 0 bridgehead atoms. The summed E-state index contributed by atoms with van der Waals surface area (Å²) in [7, 11) is 1.77. The van der Waals surface area contributed by atoms with Gasteiger partial charge >= 0.3 is 0 Å². The van der Waals surface area contributed by atoms with Crippen molar-refractivity contribution in [3.05, 3.63) is 64.2 Å². The summed E-state index contributed by atoms with van der Waals surface area (Å²) in [5, 5.41) is 0.694. The van der Waals surface area contributed by atoms with Crippen LogP contribution in [0.3, 0.4) is 0 Å². The van der Waals surface area contributed by atoms with Crippen LogP contribution in [-0.2, 0) is 11.3 Å². The fourth-order valence-electron chi connectivity index (χ4n) is 2.55. The lowest BCUT2D eigenvalue weighted by molar-refractivity contribution is -0.125. The van der Waals surface area contributed by atoms with Gasteiger partial charge in [0.2, 0.25) is 5.91 Å². The number of aryl methyl sites for hydroxylation is 1. The van der Waals surface area contributed by atoms with Gasteiger partial charge in [0.05, 0.1) is 0 Å². The molecular formula is C20H20ClNO3. The molecule has 0 aliphatic carbocycles. The fraction of sp³-hybridized carbons (Fsp3) is 0.250. The van der Waals surface area contributed by atoms with Gasteiger partial charge in [0, 0.05) is 24.7 Å². The molecule has 25 heavy (non-hydrogen) atoms. The molecule has 1 amide bonds. The van der Waals surface area contributed by atoms with E-state index in [9.17, 15) is 4.79 Å². The molecule has 0 fully saturated rings. The number of halogens is 1. The maximum absolute atomic E-state index is 12.3. The van der Waals surface area contributed by atoms with Crippen LogP contribution in [-0.4, -0.2) is 31.1 Å². The summed E-state index contributed by atoms with van der Waals surface area (Å²) in [6.07, 6.45) is 3.33. The lowest BCUT2D eigenvalue weighted by atomic mass is 10.1. The SMILES string of the molecule is Cc1ccc(/C=C/C(=O)N(C)Cc2ccc3c(c2)OCCO3)cc1Cl. The minimum atomic E-state index is -0.0772. The smallest absolute Gasteiger partial charge is 0.246 e. The van der Waals surface area contributed by atoms with Gasteiger partial charge in [-0.15, -0.1) is 0 Å². The normalized spacial score (nSPS) is 13.1. The molecular weight excluding hydrogens is 338 g/mol. The molecule has 1 heterocycles. The number of hydrogen-bond donors (Lipinski definition) is 0. The monoisotopic (exact) mass is 357 g/mol. The van der Waals surface area contributed by atoms with Crippen LogP contribution >= 0.6 is 11.6 Å². The number of amides is 1. The van der Waals surface area contributed by atoms with E-state index >= 15 is 0 Å². The average Bonchev–Trinajstić information content (AvgIpc) is 2.62. The summed E-state index contributed by atoms with van der Waals surface area (Å²) in [5.74, 6) is 1.40. The molecule has 2 aromatic rings. The van der Waals surface area contributed by atoms with Crippen LogP contribution in [0, 0.1) is 6.92 Å². The standard InChI is InChI=1S/C20H20ClNO3/c1-14-3-4-15(11-17(14)21)6-8-20(23)22(2)13-16-5-7-18-19(12-16)25-10-9-24-18/h3-8,11-12H,9-10,13H2,1-2H3/b8-6+. The first-order chi connectivity index (χ1) is 12.0. The number of hydrogen-bond acceptors (Lipinski definition) is 3. The van der Waals surface area contributed by atoms with Crippen LogP contribution in [0.1, 0.15) is 16.7 Å². The molecule has 3 rings (SSSR count). The molecule has 1 aliphatic heterocycles. The van der Waals surface area contributed by atoms with E-state index in [0.29, 0.717) is 24.8 Å². The third-order valence-electron chi connectivity index (χ3n) is 4.02. The molecule has 0 radical (unpaired) electrons. The first kappa shape index (κ1) is 17.4. The third-order valence-corrected chi connectivity index (χ3v) is 4.42. The number of ether oxygens (including phenoxy) is 2. The molecule has 0 unspecified atom stereocenters. The summed E-state index contributed by atoms with van der Waals surface area (Å²) >= 11 is 6.11. The third kappa shape index (κ3) is 4.34. The maximum atomic E-state index is 12.3. The van der Waals surface area contributed by atoms with Crippen molar-refractivity contribution in [3.8, 4) is 11.5 Å². The number of benzene rings is 2. The fourth-order valence-corrected chi connectivity index (χ4v) is 2.73. The number of carbonyl (C=O) groups excluding carboxylic acids is 1. The Labute approximate surface area is 152 Å². The molecule has 2 aromatic carbocycles. The van der Waals surface area contributed by atoms with Crippen molar-refractivity contribution in [2.75, 3.05) is 20.3 Å². The van der Waals surface area contributed by atoms with Gasteiger partial charge in [-0.1, -0.05) is 29.8 Å². The summed E-state index contributed by atoms with van der Waals surface area (Å²) in [6, 6.07) is 11.5. The minimum Gasteiger partial charge on any atom is -0.486 e. The molecule has 0 atom stereocenters. The highest BCUT2D eigenvalue weighted by Crippen LogP contribution is 2.31. The molecule has 5 heteroatoms. The summed E-state index contributed by atoms with van der Waals surface area (Å²) in [4.78, 5) is 14.0. The van der Waals surface area contributed by atoms with Gasteiger partial charge in [-0.2, -0.15) is 0 Å². The van der Waals surface area contributed by atoms with Crippen LogP contribution in [0.5, 0.6) is 11.5 Å². The van der Waals surface area contributed by atoms with Crippen molar-refractivity contribution in [3.63, 3.8) is 0 Å². The molecule has 0 saturated carbocycles. The van der Waals surface area contributed by atoms with E-state index < -0.39 is 0 Å². The highest BCUT2D eigenvalue weighted by Gasteiger charge is 2.13. The molecule has 130 valence electrons. The van der Waals surface area contributed by atoms with Gasteiger partial charge in [0.1, 0.15) is 13.2 Å². The van der Waals surface area contributed by atoms with Crippen molar-refractivity contribution in [2.24, 2.45) is 0 Å². The van der Waals surface area contributed by atoms with Gasteiger partial charge in [-0.05, 0) is 47.9 Å². The largest absolute Gasteiger partial charge is 0.486 e. The zero-order chi connectivity index (χ0) is 17.8. The predicted molar refractivity (Wildman–Crippen MR) is 99.1 cm³/mol. The topological polar surface area (TPSA) is 38.8 Å². The Morgan fingerprint density at radius 3 is 2.68 bits per heavy atom. The quantitative estimate of drug-likeness (QED) is 0.773. The number of fused-ring (bicyclic) bond motifs is 1. The van der Waals surface area contributed by atoms with Crippen LogP contribution in [0.15, 0.2) is 42.5 Å². The van der Waals surface area contributed by atoms with Crippen molar-refractivity contribution < 1.29 is 14.3 Å². The summed E-state index contributed by atoms with van der Waals surface area (Å²) < 4.78 is 11.1. The Hall–Kier alpha value is -2.46. The maximum Gasteiger partial charge on any atom is 0.246 e. The number of rotatable bonds is 4. The Morgan fingerprint density at radius 1 is 1.16 bits per heavy atom. The van der Waals surface area contributed by atoms with Gasteiger partial charge < -0.3 is 14.4 Å². The second kappa shape index (κ2) is 7.62. The van der Waals surface area contributed by atoms with Crippen LogP contribution in [0.25, 0.3) is 6.08 Å². The second-order valence-electron chi connectivity index (χ2n) is 6.01. The minimum absolute atomic E-state index is 0.0772. The number of carbonyl (C=O) groups is 1. The molecule has 0 spiro atoms. The highest BCUT2D eigenvalue weighted by atomic mass is 35.5. The lowest BCUT2D eigenvalue weighted by Gasteiger charge is -2.20.